The van der Waals surface area contributed by atoms with Crippen LogP contribution in [0.1, 0.15) is 39.7 Å². The predicted octanol–water partition coefficient (Wildman–Crippen LogP) is 4.13. The number of nitrogens with one attached hydrogen (secondary N) is 1. The van der Waals surface area contributed by atoms with Crippen molar-refractivity contribution in [2.75, 3.05) is 19.7 Å². The largest absolute Gasteiger partial charge is 0.494 e. The molecule has 1 rings (SSSR count). The van der Waals surface area contributed by atoms with Gasteiger partial charge in [0.25, 0.3) is 0 Å². The van der Waals surface area contributed by atoms with E-state index >= 15 is 0 Å². The van der Waals surface area contributed by atoms with Crippen LogP contribution in [0.15, 0.2) is 22.7 Å². The van der Waals surface area contributed by atoms with E-state index in [-0.39, 0.29) is 5.41 Å². The van der Waals surface area contributed by atoms with Crippen LogP contribution < -0.4 is 10.1 Å². The minimum absolute atomic E-state index is 0.158. The summed E-state index contributed by atoms with van der Waals surface area (Å²) in [4.78, 5) is 0. The van der Waals surface area contributed by atoms with Crippen molar-refractivity contribution in [1.82, 2.24) is 5.32 Å². The monoisotopic (exact) mass is 313 g/mol. The van der Waals surface area contributed by atoms with Gasteiger partial charge in [0.2, 0.25) is 0 Å². The summed E-state index contributed by atoms with van der Waals surface area (Å²) in [5.74, 6) is 0.926. The molecule has 3 heteroatoms. The van der Waals surface area contributed by atoms with Gasteiger partial charge in [-0.25, -0.2) is 0 Å². The Morgan fingerprint density at radius 3 is 2.56 bits per heavy atom. The van der Waals surface area contributed by atoms with Gasteiger partial charge in [0, 0.05) is 4.47 Å². The van der Waals surface area contributed by atoms with Gasteiger partial charge in [-0.2, -0.15) is 0 Å². The summed E-state index contributed by atoms with van der Waals surface area (Å²) < 4.78 is 6.64. The molecule has 0 saturated carbocycles. The van der Waals surface area contributed by atoms with Crippen molar-refractivity contribution in [3.63, 3.8) is 0 Å². The average Bonchev–Trinajstić information content (AvgIpc) is 2.29. The summed E-state index contributed by atoms with van der Waals surface area (Å²) in [5.41, 5.74) is 1.50. The number of halogens is 1. The highest BCUT2D eigenvalue weighted by molar-refractivity contribution is 9.10. The van der Waals surface area contributed by atoms with E-state index in [4.69, 9.17) is 4.74 Å². The molecule has 2 nitrogen and oxygen atoms in total. The van der Waals surface area contributed by atoms with Gasteiger partial charge >= 0.3 is 0 Å². The SMILES string of the molecule is CCNCCC(C)(C)c1ccc(OCC)cc1Br. The van der Waals surface area contributed by atoms with E-state index in [2.05, 4.69) is 60.2 Å². The van der Waals surface area contributed by atoms with E-state index in [0.717, 1.165) is 29.7 Å². The second-order valence-electron chi connectivity index (χ2n) is 5.06. The predicted molar refractivity (Wildman–Crippen MR) is 81.5 cm³/mol. The van der Waals surface area contributed by atoms with E-state index in [1.54, 1.807) is 0 Å². The van der Waals surface area contributed by atoms with Crippen LogP contribution in [0.2, 0.25) is 0 Å². The second-order valence-corrected chi connectivity index (χ2v) is 5.92. The van der Waals surface area contributed by atoms with Crippen molar-refractivity contribution in [3.05, 3.63) is 28.2 Å². The van der Waals surface area contributed by atoms with Crippen LogP contribution in [0.5, 0.6) is 5.75 Å². The lowest BCUT2D eigenvalue weighted by atomic mass is 9.81. The first-order valence-electron chi connectivity index (χ1n) is 6.64. The first-order chi connectivity index (χ1) is 8.51. The van der Waals surface area contributed by atoms with Crippen LogP contribution in [0.25, 0.3) is 0 Å². The molecule has 0 heterocycles. The Hall–Kier alpha value is -0.540. The van der Waals surface area contributed by atoms with Gasteiger partial charge in [-0.05, 0) is 49.5 Å². The van der Waals surface area contributed by atoms with Gasteiger partial charge in [-0.1, -0.05) is 42.8 Å². The zero-order valence-corrected chi connectivity index (χ0v) is 13.4. The third kappa shape index (κ3) is 4.29. The van der Waals surface area contributed by atoms with Crippen LogP contribution in [-0.4, -0.2) is 19.7 Å². The van der Waals surface area contributed by atoms with Crippen molar-refractivity contribution in [1.29, 1.82) is 0 Å². The summed E-state index contributed by atoms with van der Waals surface area (Å²) in [7, 11) is 0. The van der Waals surface area contributed by atoms with Gasteiger partial charge in [0.1, 0.15) is 5.75 Å². The molecule has 0 saturated heterocycles. The van der Waals surface area contributed by atoms with Crippen LogP contribution in [0.3, 0.4) is 0 Å². The topological polar surface area (TPSA) is 21.3 Å². The fourth-order valence-electron chi connectivity index (χ4n) is 2.01. The number of rotatable bonds is 7. The molecule has 18 heavy (non-hydrogen) atoms. The fourth-order valence-corrected chi connectivity index (χ4v) is 2.91. The molecular weight excluding hydrogens is 290 g/mol. The molecule has 0 aliphatic rings. The Balaban J connectivity index is 2.81. The van der Waals surface area contributed by atoms with E-state index in [0.29, 0.717) is 6.61 Å². The summed E-state index contributed by atoms with van der Waals surface area (Å²) in [6, 6.07) is 6.29. The lowest BCUT2D eigenvalue weighted by Gasteiger charge is -2.27. The molecule has 0 spiro atoms. The van der Waals surface area contributed by atoms with Crippen molar-refractivity contribution >= 4 is 15.9 Å². The summed E-state index contributed by atoms with van der Waals surface area (Å²) >= 11 is 3.66. The Morgan fingerprint density at radius 1 is 1.28 bits per heavy atom. The van der Waals surface area contributed by atoms with Gasteiger partial charge in [-0.3, -0.25) is 0 Å². The Kier molecular flexibility index (Phi) is 6.16. The summed E-state index contributed by atoms with van der Waals surface area (Å²) in [5, 5.41) is 3.39. The van der Waals surface area contributed by atoms with Gasteiger partial charge < -0.3 is 10.1 Å². The maximum absolute atomic E-state index is 5.51. The second kappa shape index (κ2) is 7.15. The lowest BCUT2D eigenvalue weighted by molar-refractivity contribution is 0.339. The third-order valence-electron chi connectivity index (χ3n) is 3.16. The first kappa shape index (κ1) is 15.5. The highest BCUT2D eigenvalue weighted by Gasteiger charge is 2.22. The molecule has 0 unspecified atom stereocenters. The summed E-state index contributed by atoms with van der Waals surface area (Å²) in [6.07, 6.45) is 1.12. The first-order valence-corrected chi connectivity index (χ1v) is 7.44. The van der Waals surface area contributed by atoms with Crippen LogP contribution in [-0.2, 0) is 5.41 Å². The fraction of sp³-hybridized carbons (Fsp3) is 0.600. The smallest absolute Gasteiger partial charge is 0.120 e. The zero-order chi connectivity index (χ0) is 13.6. The van der Waals surface area contributed by atoms with E-state index < -0.39 is 0 Å². The number of hydrogen-bond donors (Lipinski definition) is 1. The van der Waals surface area contributed by atoms with Gasteiger partial charge in [0.05, 0.1) is 6.61 Å². The van der Waals surface area contributed by atoms with Crippen LogP contribution in [0.4, 0.5) is 0 Å². The highest BCUT2D eigenvalue weighted by atomic mass is 79.9. The molecule has 1 aromatic rings. The normalized spacial score (nSPS) is 11.6. The van der Waals surface area contributed by atoms with Gasteiger partial charge in [-0.15, -0.1) is 0 Å². The van der Waals surface area contributed by atoms with E-state index in [1.165, 1.54) is 5.56 Å². The summed E-state index contributed by atoms with van der Waals surface area (Å²) in [6.45, 7) is 11.5. The maximum atomic E-state index is 5.51. The number of benzene rings is 1. The minimum Gasteiger partial charge on any atom is -0.494 e. The molecule has 1 N–H and O–H groups in total. The maximum Gasteiger partial charge on any atom is 0.120 e. The molecule has 0 amide bonds. The molecule has 1 aromatic carbocycles. The standard InChI is InChI=1S/C15H24BrNO/c1-5-17-10-9-15(3,4)13-8-7-12(18-6-2)11-14(13)16/h7-8,11,17H,5-6,9-10H2,1-4H3. The Labute approximate surface area is 119 Å². The quantitative estimate of drug-likeness (QED) is 0.764. The molecule has 102 valence electrons. The van der Waals surface area contributed by atoms with Crippen molar-refractivity contribution in [3.8, 4) is 5.75 Å². The molecule has 0 radical (unpaired) electrons. The molecule has 0 aromatic heterocycles. The van der Waals surface area contributed by atoms with Crippen LogP contribution in [0, 0.1) is 0 Å². The molecule has 0 atom stereocenters. The molecular formula is C15H24BrNO. The van der Waals surface area contributed by atoms with E-state index in [9.17, 15) is 0 Å². The number of hydrogen-bond acceptors (Lipinski definition) is 2. The Bertz CT molecular complexity index is 377. The zero-order valence-electron chi connectivity index (χ0n) is 11.8. The third-order valence-corrected chi connectivity index (χ3v) is 3.81. The lowest BCUT2D eigenvalue weighted by Crippen LogP contribution is -2.25. The number of ether oxygens (including phenoxy) is 1. The van der Waals surface area contributed by atoms with E-state index in [1.807, 2.05) is 6.92 Å². The molecule has 0 bridgehead atoms. The van der Waals surface area contributed by atoms with Gasteiger partial charge in [0.15, 0.2) is 0 Å². The minimum atomic E-state index is 0.158. The van der Waals surface area contributed by atoms with Crippen LogP contribution >= 0.6 is 15.9 Å². The van der Waals surface area contributed by atoms with Crippen molar-refractivity contribution in [2.45, 2.75) is 39.5 Å². The van der Waals surface area contributed by atoms with Crippen molar-refractivity contribution < 1.29 is 4.74 Å². The van der Waals surface area contributed by atoms with Crippen molar-refractivity contribution in [2.24, 2.45) is 0 Å². The average molecular weight is 314 g/mol. The molecule has 0 aliphatic carbocycles. The molecule has 0 fully saturated rings. The highest BCUT2D eigenvalue weighted by Crippen LogP contribution is 2.34. The Morgan fingerprint density at radius 2 is 2.00 bits per heavy atom. The molecule has 0 aliphatic heterocycles.